The van der Waals surface area contributed by atoms with Crippen molar-refractivity contribution in [3.05, 3.63) is 95.6 Å². The number of hydrogen-bond donors (Lipinski definition) is 3. The van der Waals surface area contributed by atoms with Crippen molar-refractivity contribution in [2.24, 2.45) is 0 Å². The Morgan fingerprint density at radius 1 is 0.929 bits per heavy atom. The van der Waals surface area contributed by atoms with Crippen LogP contribution in [0.15, 0.2) is 78.9 Å². The molecule has 0 spiro atoms. The lowest BCUT2D eigenvalue weighted by Crippen LogP contribution is -2.28. The molecular weight excluding hydrogens is 352 g/mol. The Labute approximate surface area is 164 Å². The zero-order valence-corrected chi connectivity index (χ0v) is 15.6. The van der Waals surface area contributed by atoms with Gasteiger partial charge in [-0.15, -0.1) is 0 Å². The van der Waals surface area contributed by atoms with Gasteiger partial charge in [-0.05, 0) is 54.4 Å². The van der Waals surface area contributed by atoms with E-state index in [1.165, 1.54) is 0 Å². The molecule has 1 atom stereocenters. The average Bonchev–Trinajstić information content (AvgIpc) is 2.68. The molecule has 0 aliphatic carbocycles. The first kappa shape index (κ1) is 19.2. The van der Waals surface area contributed by atoms with E-state index in [2.05, 4.69) is 10.6 Å². The summed E-state index contributed by atoms with van der Waals surface area (Å²) in [5.74, 6) is -0.185. The normalized spacial score (nSPS) is 11.5. The molecule has 0 heterocycles. The van der Waals surface area contributed by atoms with Gasteiger partial charge in [0.1, 0.15) is 5.75 Å². The molecule has 0 saturated carbocycles. The topological polar surface area (TPSA) is 78.4 Å². The monoisotopic (exact) mass is 374 g/mol. The summed E-state index contributed by atoms with van der Waals surface area (Å²) in [7, 11) is 0. The number of benzene rings is 3. The molecule has 3 aromatic carbocycles. The van der Waals surface area contributed by atoms with Crippen LogP contribution in [0, 0.1) is 0 Å². The third kappa shape index (κ3) is 5.20. The van der Waals surface area contributed by atoms with E-state index in [1.807, 2.05) is 49.4 Å². The number of carbonyl (C=O) groups is 2. The van der Waals surface area contributed by atoms with Crippen LogP contribution in [0.3, 0.4) is 0 Å². The van der Waals surface area contributed by atoms with Crippen molar-refractivity contribution >= 4 is 17.5 Å². The van der Waals surface area contributed by atoms with Gasteiger partial charge in [-0.3, -0.25) is 9.59 Å². The van der Waals surface area contributed by atoms with Gasteiger partial charge in [-0.25, -0.2) is 0 Å². The third-order valence-corrected chi connectivity index (χ3v) is 4.33. The Bertz CT molecular complexity index is 970. The highest BCUT2D eigenvalue weighted by atomic mass is 16.3. The highest BCUT2D eigenvalue weighted by molar-refractivity contribution is 6.04. The Balaban J connectivity index is 1.62. The lowest BCUT2D eigenvalue weighted by molar-refractivity contribution is -0.121. The molecule has 0 saturated heterocycles. The summed E-state index contributed by atoms with van der Waals surface area (Å²) in [5.41, 5.74) is 2.88. The summed E-state index contributed by atoms with van der Waals surface area (Å²) < 4.78 is 0. The highest BCUT2D eigenvalue weighted by Crippen LogP contribution is 2.19. The second-order valence-corrected chi connectivity index (χ2v) is 6.58. The minimum Gasteiger partial charge on any atom is -0.508 e. The van der Waals surface area contributed by atoms with Gasteiger partial charge in [0.25, 0.3) is 5.91 Å². The number of rotatable bonds is 6. The minimum atomic E-state index is -0.224. The second-order valence-electron chi connectivity index (χ2n) is 6.58. The predicted octanol–water partition coefficient (Wildman–Crippen LogP) is 4.06. The third-order valence-electron chi connectivity index (χ3n) is 4.33. The lowest BCUT2D eigenvalue weighted by atomic mass is 10.1. The van der Waals surface area contributed by atoms with Crippen molar-refractivity contribution in [1.82, 2.24) is 5.32 Å². The molecule has 142 valence electrons. The Morgan fingerprint density at radius 3 is 2.43 bits per heavy atom. The van der Waals surface area contributed by atoms with Crippen LogP contribution in [0.2, 0.25) is 0 Å². The molecule has 2 amide bonds. The van der Waals surface area contributed by atoms with E-state index < -0.39 is 0 Å². The van der Waals surface area contributed by atoms with Crippen molar-refractivity contribution in [1.29, 1.82) is 0 Å². The van der Waals surface area contributed by atoms with Gasteiger partial charge in [0, 0.05) is 11.3 Å². The largest absolute Gasteiger partial charge is 0.508 e. The first-order valence-corrected chi connectivity index (χ1v) is 9.05. The summed E-state index contributed by atoms with van der Waals surface area (Å²) in [5, 5.41) is 15.3. The van der Waals surface area contributed by atoms with Gasteiger partial charge in [0.15, 0.2) is 0 Å². The van der Waals surface area contributed by atoms with Crippen LogP contribution in [-0.2, 0) is 11.2 Å². The number of nitrogens with one attached hydrogen (secondary N) is 2. The first-order chi connectivity index (χ1) is 13.5. The molecule has 3 aromatic rings. The van der Waals surface area contributed by atoms with E-state index in [0.29, 0.717) is 11.3 Å². The second kappa shape index (κ2) is 8.86. The van der Waals surface area contributed by atoms with Gasteiger partial charge in [0.05, 0.1) is 12.5 Å². The molecule has 0 aliphatic rings. The Morgan fingerprint density at radius 2 is 1.68 bits per heavy atom. The smallest absolute Gasteiger partial charge is 0.255 e. The van der Waals surface area contributed by atoms with Crippen LogP contribution in [0.1, 0.15) is 34.5 Å². The van der Waals surface area contributed by atoms with Gasteiger partial charge >= 0.3 is 0 Å². The van der Waals surface area contributed by atoms with Crippen molar-refractivity contribution in [2.75, 3.05) is 5.32 Å². The first-order valence-electron chi connectivity index (χ1n) is 9.05. The van der Waals surface area contributed by atoms with Gasteiger partial charge in [0.2, 0.25) is 5.91 Å². The van der Waals surface area contributed by atoms with Crippen molar-refractivity contribution in [2.45, 2.75) is 19.4 Å². The Kier molecular flexibility index (Phi) is 6.07. The van der Waals surface area contributed by atoms with Crippen LogP contribution in [-0.4, -0.2) is 16.9 Å². The van der Waals surface area contributed by atoms with Crippen LogP contribution >= 0.6 is 0 Å². The molecule has 0 radical (unpaired) electrons. The predicted molar refractivity (Wildman–Crippen MR) is 109 cm³/mol. The number of aromatic hydroxyl groups is 1. The zero-order valence-electron chi connectivity index (χ0n) is 15.6. The lowest BCUT2D eigenvalue weighted by Gasteiger charge is -2.16. The summed E-state index contributed by atoms with van der Waals surface area (Å²) in [6.07, 6.45) is 0.184. The quantitative estimate of drug-likeness (QED) is 0.609. The maximum Gasteiger partial charge on any atom is 0.255 e. The van der Waals surface area contributed by atoms with E-state index >= 15 is 0 Å². The van der Waals surface area contributed by atoms with Gasteiger partial charge in [-0.2, -0.15) is 0 Å². The highest BCUT2D eigenvalue weighted by Gasteiger charge is 2.12. The van der Waals surface area contributed by atoms with E-state index in [1.54, 1.807) is 36.4 Å². The fraction of sp³-hybridized carbons (Fsp3) is 0.130. The summed E-state index contributed by atoms with van der Waals surface area (Å²) in [4.78, 5) is 24.6. The van der Waals surface area contributed by atoms with Crippen molar-refractivity contribution in [3.8, 4) is 5.75 Å². The van der Waals surface area contributed by atoms with E-state index in [4.69, 9.17) is 0 Å². The van der Waals surface area contributed by atoms with E-state index in [-0.39, 0.29) is 30.0 Å². The molecule has 28 heavy (non-hydrogen) atoms. The van der Waals surface area contributed by atoms with Crippen LogP contribution in [0.4, 0.5) is 5.69 Å². The van der Waals surface area contributed by atoms with Crippen LogP contribution in [0.5, 0.6) is 5.75 Å². The molecule has 3 N–H and O–H groups in total. The fourth-order valence-electron chi connectivity index (χ4n) is 2.91. The molecule has 5 nitrogen and oxygen atoms in total. The molecule has 0 aliphatic heterocycles. The molecule has 0 bridgehead atoms. The number of amides is 2. The summed E-state index contributed by atoms with van der Waals surface area (Å²) in [6, 6.07) is 22.8. The summed E-state index contributed by atoms with van der Waals surface area (Å²) in [6.45, 7) is 1.89. The van der Waals surface area contributed by atoms with Crippen molar-refractivity contribution < 1.29 is 14.7 Å². The number of hydrogen-bond acceptors (Lipinski definition) is 3. The number of carbonyl (C=O) groups excluding carboxylic acids is 2. The molecular formula is C23H22N2O3. The SMILES string of the molecule is C[C@@H](NC(=O)Cc1cccc(O)c1)c1cccc(NC(=O)c2ccccc2)c1. The van der Waals surface area contributed by atoms with E-state index in [0.717, 1.165) is 11.1 Å². The molecule has 0 unspecified atom stereocenters. The maximum absolute atomic E-state index is 12.3. The average molecular weight is 374 g/mol. The van der Waals surface area contributed by atoms with Crippen LogP contribution in [0.25, 0.3) is 0 Å². The minimum absolute atomic E-state index is 0.139. The number of phenols is 1. The molecule has 3 rings (SSSR count). The van der Waals surface area contributed by atoms with E-state index in [9.17, 15) is 14.7 Å². The van der Waals surface area contributed by atoms with Gasteiger partial charge in [-0.1, -0.05) is 42.5 Å². The standard InChI is InChI=1S/C23H22N2O3/c1-16(24-22(27)14-17-7-5-12-21(26)13-17)19-10-6-11-20(15-19)25-23(28)18-8-3-2-4-9-18/h2-13,15-16,26H,14H2,1H3,(H,24,27)(H,25,28)/t16-/m1/s1. The van der Waals surface area contributed by atoms with Crippen molar-refractivity contribution in [3.63, 3.8) is 0 Å². The van der Waals surface area contributed by atoms with Crippen LogP contribution < -0.4 is 10.6 Å². The number of anilines is 1. The number of phenolic OH excluding ortho intramolecular Hbond substituents is 1. The Hall–Kier alpha value is -3.60. The molecule has 0 aromatic heterocycles. The maximum atomic E-state index is 12.3. The molecule has 5 heteroatoms. The summed E-state index contributed by atoms with van der Waals surface area (Å²) >= 11 is 0. The molecule has 0 fully saturated rings. The zero-order chi connectivity index (χ0) is 19.9. The fourth-order valence-corrected chi connectivity index (χ4v) is 2.91. The van der Waals surface area contributed by atoms with Gasteiger partial charge < -0.3 is 15.7 Å².